The second-order valence-electron chi connectivity index (χ2n) is 3.60. The van der Waals surface area contributed by atoms with Crippen LogP contribution < -0.4 is 5.73 Å². The summed E-state index contributed by atoms with van der Waals surface area (Å²) in [5.41, 5.74) is 7.57. The van der Waals surface area contributed by atoms with Gasteiger partial charge in [-0.15, -0.1) is 5.11 Å². The van der Waals surface area contributed by atoms with Crippen LogP contribution in [0.15, 0.2) is 46.8 Å². The SMILES string of the molecule is Cc1cccc(N=Nc2ccnc(N)c2O)c1. The van der Waals surface area contributed by atoms with Crippen molar-refractivity contribution in [3.63, 3.8) is 0 Å². The maximum atomic E-state index is 9.59. The van der Waals surface area contributed by atoms with Gasteiger partial charge in [0.25, 0.3) is 0 Å². The van der Waals surface area contributed by atoms with E-state index < -0.39 is 0 Å². The van der Waals surface area contributed by atoms with Gasteiger partial charge in [-0.05, 0) is 30.7 Å². The second kappa shape index (κ2) is 4.61. The molecular weight excluding hydrogens is 216 g/mol. The van der Waals surface area contributed by atoms with Gasteiger partial charge in [0.15, 0.2) is 11.6 Å². The Bertz CT molecular complexity index is 566. The maximum absolute atomic E-state index is 9.59. The normalized spacial score (nSPS) is 10.9. The number of aromatic nitrogens is 1. The molecule has 0 saturated heterocycles. The lowest BCUT2D eigenvalue weighted by atomic mass is 10.2. The molecule has 0 atom stereocenters. The van der Waals surface area contributed by atoms with Crippen LogP contribution in [0.25, 0.3) is 0 Å². The number of azo groups is 1. The van der Waals surface area contributed by atoms with Gasteiger partial charge < -0.3 is 10.8 Å². The summed E-state index contributed by atoms with van der Waals surface area (Å²) >= 11 is 0. The van der Waals surface area contributed by atoms with E-state index in [9.17, 15) is 5.11 Å². The van der Waals surface area contributed by atoms with Crippen LogP contribution in [-0.4, -0.2) is 10.1 Å². The first-order valence-electron chi connectivity index (χ1n) is 5.08. The van der Waals surface area contributed by atoms with Crippen molar-refractivity contribution in [3.8, 4) is 5.75 Å². The lowest BCUT2D eigenvalue weighted by molar-refractivity contribution is 0.477. The van der Waals surface area contributed by atoms with E-state index in [4.69, 9.17) is 5.73 Å². The van der Waals surface area contributed by atoms with Gasteiger partial charge in [-0.25, -0.2) is 4.98 Å². The lowest BCUT2D eigenvalue weighted by Gasteiger charge is -1.99. The third-order valence-corrected chi connectivity index (χ3v) is 2.21. The van der Waals surface area contributed by atoms with Crippen molar-refractivity contribution in [3.05, 3.63) is 42.1 Å². The second-order valence-corrected chi connectivity index (χ2v) is 3.60. The molecule has 0 radical (unpaired) electrons. The van der Waals surface area contributed by atoms with Crippen molar-refractivity contribution in [1.29, 1.82) is 0 Å². The Kier molecular flexibility index (Phi) is 3.00. The fourth-order valence-electron chi connectivity index (χ4n) is 1.34. The topological polar surface area (TPSA) is 83.9 Å². The number of aromatic hydroxyl groups is 1. The third-order valence-electron chi connectivity index (χ3n) is 2.21. The molecule has 0 aliphatic carbocycles. The van der Waals surface area contributed by atoms with E-state index in [1.165, 1.54) is 6.20 Å². The van der Waals surface area contributed by atoms with E-state index in [0.717, 1.165) is 11.3 Å². The molecule has 0 aliphatic rings. The van der Waals surface area contributed by atoms with Crippen molar-refractivity contribution in [1.82, 2.24) is 4.98 Å². The monoisotopic (exact) mass is 228 g/mol. The largest absolute Gasteiger partial charge is 0.503 e. The Hall–Kier alpha value is -2.43. The minimum atomic E-state index is -0.149. The predicted octanol–water partition coefficient (Wildman–Crippen LogP) is 3.09. The van der Waals surface area contributed by atoms with Crippen molar-refractivity contribution in [2.45, 2.75) is 6.92 Å². The van der Waals surface area contributed by atoms with E-state index in [0.29, 0.717) is 5.69 Å². The number of benzene rings is 1. The summed E-state index contributed by atoms with van der Waals surface area (Å²) in [6, 6.07) is 9.14. The first-order chi connectivity index (χ1) is 8.16. The molecular formula is C12H12N4O. The number of nitrogens with zero attached hydrogens (tertiary/aromatic N) is 3. The summed E-state index contributed by atoms with van der Waals surface area (Å²) in [5, 5.41) is 17.5. The highest BCUT2D eigenvalue weighted by atomic mass is 16.3. The third kappa shape index (κ3) is 2.57. The molecule has 86 valence electrons. The molecule has 2 rings (SSSR count). The summed E-state index contributed by atoms with van der Waals surface area (Å²) in [7, 11) is 0. The molecule has 0 amide bonds. The zero-order chi connectivity index (χ0) is 12.3. The van der Waals surface area contributed by atoms with Gasteiger partial charge >= 0.3 is 0 Å². The number of aryl methyl sites for hydroxylation is 1. The Balaban J connectivity index is 2.29. The van der Waals surface area contributed by atoms with E-state index in [2.05, 4.69) is 15.2 Å². The van der Waals surface area contributed by atoms with Crippen LogP contribution in [0.1, 0.15) is 5.56 Å². The molecule has 0 spiro atoms. The number of rotatable bonds is 2. The average molecular weight is 228 g/mol. The smallest absolute Gasteiger partial charge is 0.186 e. The molecule has 0 fully saturated rings. The fourth-order valence-corrected chi connectivity index (χ4v) is 1.34. The van der Waals surface area contributed by atoms with Crippen molar-refractivity contribution < 1.29 is 5.11 Å². The maximum Gasteiger partial charge on any atom is 0.186 e. The lowest BCUT2D eigenvalue weighted by Crippen LogP contribution is -1.88. The molecule has 5 nitrogen and oxygen atoms in total. The molecule has 0 bridgehead atoms. The number of anilines is 1. The molecule has 3 N–H and O–H groups in total. The van der Waals surface area contributed by atoms with Crippen LogP contribution >= 0.6 is 0 Å². The van der Waals surface area contributed by atoms with Crippen LogP contribution in [0.5, 0.6) is 5.75 Å². The molecule has 17 heavy (non-hydrogen) atoms. The Morgan fingerprint density at radius 3 is 2.82 bits per heavy atom. The van der Waals surface area contributed by atoms with E-state index in [1.807, 2.05) is 31.2 Å². The predicted molar refractivity (Wildman–Crippen MR) is 65.7 cm³/mol. The van der Waals surface area contributed by atoms with Gasteiger partial charge in [0, 0.05) is 6.20 Å². The van der Waals surface area contributed by atoms with Gasteiger partial charge in [-0.1, -0.05) is 12.1 Å². The summed E-state index contributed by atoms with van der Waals surface area (Å²) in [6.07, 6.45) is 1.47. The summed E-state index contributed by atoms with van der Waals surface area (Å²) < 4.78 is 0. The number of hydrogen-bond acceptors (Lipinski definition) is 5. The van der Waals surface area contributed by atoms with E-state index in [1.54, 1.807) is 6.07 Å². The highest BCUT2D eigenvalue weighted by Crippen LogP contribution is 2.31. The van der Waals surface area contributed by atoms with E-state index in [-0.39, 0.29) is 11.6 Å². The summed E-state index contributed by atoms with van der Waals surface area (Å²) in [6.45, 7) is 1.97. The van der Waals surface area contributed by atoms with Crippen LogP contribution in [-0.2, 0) is 0 Å². The molecule has 5 heteroatoms. The number of nitrogen functional groups attached to an aromatic ring is 1. The highest BCUT2D eigenvalue weighted by molar-refractivity contribution is 5.61. The standard InChI is InChI=1S/C12H12N4O/c1-8-3-2-4-9(7-8)15-16-10-5-6-14-12(13)11(10)17/h2-7,17H,1H3,(H2,13,14). The highest BCUT2D eigenvalue weighted by Gasteiger charge is 2.03. The number of hydrogen-bond donors (Lipinski definition) is 2. The Labute approximate surface area is 98.7 Å². The number of nitrogens with two attached hydrogens (primary N) is 1. The molecule has 1 heterocycles. The average Bonchev–Trinajstić information content (AvgIpc) is 2.31. The Morgan fingerprint density at radius 2 is 2.06 bits per heavy atom. The molecule has 0 saturated carbocycles. The quantitative estimate of drug-likeness (QED) is 0.774. The molecule has 1 aromatic carbocycles. The molecule has 2 aromatic rings. The minimum absolute atomic E-state index is 0.0469. The van der Waals surface area contributed by atoms with Crippen LogP contribution in [0, 0.1) is 6.92 Å². The fraction of sp³-hybridized carbons (Fsp3) is 0.0833. The van der Waals surface area contributed by atoms with Crippen LogP contribution in [0.3, 0.4) is 0 Å². The van der Waals surface area contributed by atoms with E-state index >= 15 is 0 Å². The van der Waals surface area contributed by atoms with Gasteiger partial charge in [0.1, 0.15) is 5.69 Å². The van der Waals surface area contributed by atoms with Crippen molar-refractivity contribution in [2.24, 2.45) is 10.2 Å². The van der Waals surface area contributed by atoms with Gasteiger partial charge in [0.05, 0.1) is 5.69 Å². The van der Waals surface area contributed by atoms with Crippen LogP contribution in [0.2, 0.25) is 0 Å². The zero-order valence-corrected chi connectivity index (χ0v) is 9.33. The van der Waals surface area contributed by atoms with Crippen LogP contribution in [0.4, 0.5) is 17.2 Å². The molecule has 0 unspecified atom stereocenters. The molecule has 1 aromatic heterocycles. The summed E-state index contributed by atoms with van der Waals surface area (Å²) in [5.74, 6) is -0.102. The molecule has 0 aliphatic heterocycles. The van der Waals surface area contributed by atoms with Crippen molar-refractivity contribution >= 4 is 17.2 Å². The zero-order valence-electron chi connectivity index (χ0n) is 9.33. The first kappa shape index (κ1) is 11.1. The van der Waals surface area contributed by atoms with Gasteiger partial charge in [-0.3, -0.25) is 0 Å². The number of pyridine rings is 1. The van der Waals surface area contributed by atoms with Gasteiger partial charge in [0.2, 0.25) is 0 Å². The van der Waals surface area contributed by atoms with Gasteiger partial charge in [-0.2, -0.15) is 5.11 Å². The first-order valence-corrected chi connectivity index (χ1v) is 5.08. The summed E-state index contributed by atoms with van der Waals surface area (Å²) in [4.78, 5) is 3.73. The minimum Gasteiger partial charge on any atom is -0.503 e. The van der Waals surface area contributed by atoms with Crippen molar-refractivity contribution in [2.75, 3.05) is 5.73 Å². The Morgan fingerprint density at radius 1 is 1.24 bits per heavy atom.